The fourth-order valence-corrected chi connectivity index (χ4v) is 3.55. The number of ether oxygens (including phenoxy) is 1. The molecule has 0 saturated heterocycles. The van der Waals surface area contributed by atoms with Crippen LogP contribution in [0.25, 0.3) is 5.69 Å². The Kier molecular flexibility index (Phi) is 5.38. The van der Waals surface area contributed by atoms with E-state index in [2.05, 4.69) is 73.6 Å². The lowest BCUT2D eigenvalue weighted by Crippen LogP contribution is -2.06. The van der Waals surface area contributed by atoms with Gasteiger partial charge in [-0.15, -0.1) is 5.10 Å². The molecule has 0 aliphatic carbocycles. The Hall–Kier alpha value is -2.34. The van der Waals surface area contributed by atoms with Crippen molar-refractivity contribution in [2.24, 2.45) is 0 Å². The average Bonchev–Trinajstić information content (AvgIpc) is 2.99. The SMILES string of the molecule is Cc1cc(C)cc(OCCSc2nnnn2-c2c(C)cccc2C)c1. The highest BCUT2D eigenvalue weighted by Crippen LogP contribution is 2.23. The second-order valence-electron chi connectivity index (χ2n) is 6.13. The lowest BCUT2D eigenvalue weighted by atomic mass is 10.1. The molecular weight excluding hydrogens is 332 g/mol. The Bertz CT molecular complexity index is 835. The second kappa shape index (κ2) is 7.70. The molecule has 5 nitrogen and oxygen atoms in total. The fraction of sp³-hybridized carbons (Fsp3) is 0.316. The highest BCUT2D eigenvalue weighted by atomic mass is 32.2. The maximum atomic E-state index is 5.86. The number of benzene rings is 2. The average molecular weight is 354 g/mol. The van der Waals surface area contributed by atoms with Crippen molar-refractivity contribution >= 4 is 11.8 Å². The number of hydrogen-bond donors (Lipinski definition) is 0. The molecule has 0 bridgehead atoms. The van der Waals surface area contributed by atoms with Gasteiger partial charge in [0.2, 0.25) is 5.16 Å². The van der Waals surface area contributed by atoms with Gasteiger partial charge in [-0.3, -0.25) is 0 Å². The first kappa shape index (κ1) is 17.5. The molecule has 0 aliphatic heterocycles. The van der Waals surface area contributed by atoms with Crippen molar-refractivity contribution in [3.63, 3.8) is 0 Å². The molecule has 0 N–H and O–H groups in total. The Morgan fingerprint density at radius 1 is 1.00 bits per heavy atom. The summed E-state index contributed by atoms with van der Waals surface area (Å²) in [5, 5.41) is 12.9. The second-order valence-corrected chi connectivity index (χ2v) is 7.20. The topological polar surface area (TPSA) is 52.8 Å². The molecule has 0 spiro atoms. The van der Waals surface area contributed by atoms with Crippen LogP contribution in [0.4, 0.5) is 0 Å². The van der Waals surface area contributed by atoms with Gasteiger partial charge in [-0.2, -0.15) is 4.68 Å². The number of aromatic nitrogens is 4. The van der Waals surface area contributed by atoms with Crippen LogP contribution in [0.2, 0.25) is 0 Å². The summed E-state index contributed by atoms with van der Waals surface area (Å²) in [7, 11) is 0. The smallest absolute Gasteiger partial charge is 0.214 e. The molecule has 3 rings (SSSR count). The van der Waals surface area contributed by atoms with Gasteiger partial charge in [-0.25, -0.2) is 0 Å². The van der Waals surface area contributed by atoms with Crippen molar-refractivity contribution in [1.29, 1.82) is 0 Å². The van der Waals surface area contributed by atoms with E-state index in [1.54, 1.807) is 11.8 Å². The summed E-state index contributed by atoms with van der Waals surface area (Å²) < 4.78 is 7.67. The largest absolute Gasteiger partial charge is 0.493 e. The van der Waals surface area contributed by atoms with Gasteiger partial charge in [-0.05, 0) is 72.5 Å². The van der Waals surface area contributed by atoms with E-state index in [-0.39, 0.29) is 0 Å². The van der Waals surface area contributed by atoms with E-state index in [1.807, 2.05) is 10.7 Å². The molecule has 0 fully saturated rings. The van der Waals surface area contributed by atoms with Crippen LogP contribution in [0.15, 0.2) is 41.6 Å². The molecule has 1 aromatic heterocycles. The number of para-hydroxylation sites is 1. The summed E-state index contributed by atoms with van der Waals surface area (Å²) >= 11 is 1.60. The van der Waals surface area contributed by atoms with Crippen LogP contribution in [0.3, 0.4) is 0 Å². The molecule has 130 valence electrons. The van der Waals surface area contributed by atoms with Crippen LogP contribution in [-0.4, -0.2) is 32.6 Å². The van der Waals surface area contributed by atoms with Crippen LogP contribution in [0.1, 0.15) is 22.3 Å². The number of aryl methyl sites for hydroxylation is 4. The minimum Gasteiger partial charge on any atom is -0.493 e. The quantitative estimate of drug-likeness (QED) is 0.493. The molecule has 1 heterocycles. The van der Waals surface area contributed by atoms with Crippen molar-refractivity contribution in [1.82, 2.24) is 20.2 Å². The molecular formula is C19H22N4OS. The van der Waals surface area contributed by atoms with E-state index in [0.29, 0.717) is 6.61 Å². The first-order valence-electron chi connectivity index (χ1n) is 8.23. The molecule has 0 unspecified atom stereocenters. The predicted molar refractivity (Wildman–Crippen MR) is 101 cm³/mol. The minimum atomic E-state index is 0.604. The summed E-state index contributed by atoms with van der Waals surface area (Å²) in [5.41, 5.74) is 5.77. The first-order chi connectivity index (χ1) is 12.0. The molecule has 0 amide bonds. The van der Waals surface area contributed by atoms with Gasteiger partial charge in [0.1, 0.15) is 5.75 Å². The molecule has 6 heteroatoms. The molecule has 2 aromatic carbocycles. The number of rotatable bonds is 6. The van der Waals surface area contributed by atoms with E-state index in [1.165, 1.54) is 11.1 Å². The van der Waals surface area contributed by atoms with Gasteiger partial charge in [0.05, 0.1) is 12.3 Å². The molecule has 0 radical (unpaired) electrons. The highest BCUT2D eigenvalue weighted by Gasteiger charge is 2.13. The minimum absolute atomic E-state index is 0.604. The molecule has 0 saturated carbocycles. The van der Waals surface area contributed by atoms with Gasteiger partial charge in [0.25, 0.3) is 0 Å². The predicted octanol–water partition coefficient (Wildman–Crippen LogP) is 4.07. The third-order valence-corrected chi connectivity index (χ3v) is 4.75. The Labute approximate surface area is 152 Å². The zero-order valence-corrected chi connectivity index (χ0v) is 15.8. The monoisotopic (exact) mass is 354 g/mol. The number of tetrazole rings is 1. The van der Waals surface area contributed by atoms with Crippen molar-refractivity contribution in [2.75, 3.05) is 12.4 Å². The van der Waals surface area contributed by atoms with Crippen LogP contribution in [0, 0.1) is 27.7 Å². The van der Waals surface area contributed by atoms with Crippen molar-refractivity contribution in [3.8, 4) is 11.4 Å². The van der Waals surface area contributed by atoms with Gasteiger partial charge in [0, 0.05) is 5.75 Å². The molecule has 0 aliphatic rings. The zero-order chi connectivity index (χ0) is 17.8. The molecule has 3 aromatic rings. The first-order valence-corrected chi connectivity index (χ1v) is 9.22. The van der Waals surface area contributed by atoms with Gasteiger partial charge in [-0.1, -0.05) is 36.0 Å². The fourth-order valence-electron chi connectivity index (χ4n) is 2.86. The van der Waals surface area contributed by atoms with Gasteiger partial charge < -0.3 is 4.74 Å². The Morgan fingerprint density at radius 2 is 1.68 bits per heavy atom. The van der Waals surface area contributed by atoms with Gasteiger partial charge >= 0.3 is 0 Å². The maximum Gasteiger partial charge on any atom is 0.214 e. The van der Waals surface area contributed by atoms with E-state index >= 15 is 0 Å². The Balaban J connectivity index is 1.64. The van der Waals surface area contributed by atoms with E-state index < -0.39 is 0 Å². The van der Waals surface area contributed by atoms with Crippen molar-refractivity contribution < 1.29 is 4.74 Å². The summed E-state index contributed by atoms with van der Waals surface area (Å²) in [4.78, 5) is 0. The highest BCUT2D eigenvalue weighted by molar-refractivity contribution is 7.99. The summed E-state index contributed by atoms with van der Waals surface area (Å²) in [6.45, 7) is 8.90. The number of nitrogens with zero attached hydrogens (tertiary/aromatic N) is 4. The number of thioether (sulfide) groups is 1. The summed E-state index contributed by atoms with van der Waals surface area (Å²) in [5.74, 6) is 1.69. The Morgan fingerprint density at radius 3 is 2.36 bits per heavy atom. The van der Waals surface area contributed by atoms with Crippen LogP contribution in [-0.2, 0) is 0 Å². The van der Waals surface area contributed by atoms with Crippen molar-refractivity contribution in [2.45, 2.75) is 32.9 Å². The van der Waals surface area contributed by atoms with E-state index in [0.717, 1.165) is 33.5 Å². The standard InChI is InChI=1S/C19H22N4OS/c1-13-10-14(2)12-17(11-13)24-8-9-25-19-20-21-22-23(19)18-15(3)6-5-7-16(18)4/h5-7,10-12H,8-9H2,1-4H3. The zero-order valence-electron chi connectivity index (χ0n) is 15.0. The third-order valence-electron chi connectivity index (χ3n) is 3.87. The third kappa shape index (κ3) is 4.20. The molecule has 0 atom stereocenters. The van der Waals surface area contributed by atoms with Crippen LogP contribution < -0.4 is 4.74 Å². The van der Waals surface area contributed by atoms with E-state index in [4.69, 9.17) is 4.74 Å². The normalized spacial score (nSPS) is 10.9. The van der Waals surface area contributed by atoms with Crippen LogP contribution >= 0.6 is 11.8 Å². The maximum absolute atomic E-state index is 5.86. The lowest BCUT2D eigenvalue weighted by Gasteiger charge is -2.11. The van der Waals surface area contributed by atoms with Crippen LogP contribution in [0.5, 0.6) is 5.75 Å². The lowest BCUT2D eigenvalue weighted by molar-refractivity contribution is 0.343. The summed E-state index contributed by atoms with van der Waals surface area (Å²) in [6, 6.07) is 12.4. The summed E-state index contributed by atoms with van der Waals surface area (Å²) in [6.07, 6.45) is 0. The van der Waals surface area contributed by atoms with Crippen molar-refractivity contribution in [3.05, 3.63) is 58.7 Å². The van der Waals surface area contributed by atoms with Gasteiger partial charge in [0.15, 0.2) is 0 Å². The number of hydrogen-bond acceptors (Lipinski definition) is 5. The van der Waals surface area contributed by atoms with E-state index in [9.17, 15) is 0 Å². The molecule has 25 heavy (non-hydrogen) atoms.